The smallest absolute Gasteiger partial charge is 0.245 e. The Bertz CT molecular complexity index is 818. The standard InChI is InChI=1S/C19H24N2O3S/c1-15-10-12-16(13-11-15)14-20(2)19(22)18(21(3)25(4,23)24)17-8-6-5-7-9-17/h5-13,18H,14H2,1-4H3/t18-/m1/s1. The van der Waals surface area contributed by atoms with Gasteiger partial charge in [0.1, 0.15) is 6.04 Å². The van der Waals surface area contributed by atoms with Crippen molar-refractivity contribution < 1.29 is 13.2 Å². The van der Waals surface area contributed by atoms with Gasteiger partial charge in [-0.15, -0.1) is 0 Å². The molecule has 0 unspecified atom stereocenters. The molecule has 0 heterocycles. The minimum absolute atomic E-state index is 0.264. The SMILES string of the molecule is Cc1ccc(CN(C)C(=O)[C@@H](c2ccccc2)N(C)S(C)(=O)=O)cc1. The van der Waals surface area contributed by atoms with Crippen LogP contribution in [0.15, 0.2) is 54.6 Å². The molecule has 1 atom stereocenters. The molecule has 134 valence electrons. The number of aryl methyl sites for hydroxylation is 1. The van der Waals surface area contributed by atoms with Crippen LogP contribution < -0.4 is 0 Å². The average molecular weight is 360 g/mol. The third-order valence-corrected chi connectivity index (χ3v) is 5.41. The molecule has 0 fully saturated rings. The number of hydrogen-bond acceptors (Lipinski definition) is 3. The summed E-state index contributed by atoms with van der Waals surface area (Å²) in [7, 11) is -0.397. The highest BCUT2D eigenvalue weighted by Gasteiger charge is 2.32. The van der Waals surface area contributed by atoms with Crippen LogP contribution in [0.4, 0.5) is 0 Å². The van der Waals surface area contributed by atoms with Gasteiger partial charge in [-0.05, 0) is 18.1 Å². The van der Waals surface area contributed by atoms with E-state index in [0.717, 1.165) is 21.7 Å². The number of carbonyl (C=O) groups excluding carboxylic acids is 1. The fourth-order valence-corrected chi connectivity index (χ4v) is 3.18. The molecule has 0 N–H and O–H groups in total. The Morgan fingerprint density at radius 2 is 1.56 bits per heavy atom. The quantitative estimate of drug-likeness (QED) is 0.796. The third-order valence-electron chi connectivity index (χ3n) is 4.15. The highest BCUT2D eigenvalue weighted by atomic mass is 32.2. The average Bonchev–Trinajstić information content (AvgIpc) is 2.57. The molecule has 5 nitrogen and oxygen atoms in total. The van der Waals surface area contributed by atoms with E-state index >= 15 is 0 Å². The van der Waals surface area contributed by atoms with Gasteiger partial charge in [0, 0.05) is 20.6 Å². The number of hydrogen-bond donors (Lipinski definition) is 0. The van der Waals surface area contributed by atoms with Crippen molar-refractivity contribution in [2.24, 2.45) is 0 Å². The highest BCUT2D eigenvalue weighted by molar-refractivity contribution is 7.88. The zero-order valence-corrected chi connectivity index (χ0v) is 15.8. The minimum Gasteiger partial charge on any atom is -0.340 e. The molecular weight excluding hydrogens is 336 g/mol. The summed E-state index contributed by atoms with van der Waals surface area (Å²) in [4.78, 5) is 14.6. The number of benzene rings is 2. The topological polar surface area (TPSA) is 57.7 Å². The van der Waals surface area contributed by atoms with Crippen LogP contribution in [0.25, 0.3) is 0 Å². The molecule has 1 amide bonds. The summed E-state index contributed by atoms with van der Waals surface area (Å²) >= 11 is 0. The maximum Gasteiger partial charge on any atom is 0.245 e. The maximum atomic E-state index is 13.0. The lowest BCUT2D eigenvalue weighted by Crippen LogP contribution is -2.41. The number of rotatable bonds is 6. The Balaban J connectivity index is 2.29. The molecular formula is C19H24N2O3S. The maximum absolute atomic E-state index is 13.0. The third kappa shape index (κ3) is 4.90. The summed E-state index contributed by atoms with van der Waals surface area (Å²) in [6, 6.07) is 16.0. The number of nitrogens with zero attached hydrogens (tertiary/aromatic N) is 2. The van der Waals surface area contributed by atoms with Gasteiger partial charge in [0.25, 0.3) is 0 Å². The number of carbonyl (C=O) groups is 1. The van der Waals surface area contributed by atoms with Gasteiger partial charge in [-0.2, -0.15) is 4.31 Å². The molecule has 0 spiro atoms. The van der Waals surface area contributed by atoms with E-state index in [9.17, 15) is 13.2 Å². The summed E-state index contributed by atoms with van der Waals surface area (Å²) in [6.45, 7) is 2.42. The predicted octanol–water partition coefficient (Wildman–Crippen LogP) is 2.59. The second kappa shape index (κ2) is 7.80. The van der Waals surface area contributed by atoms with Gasteiger partial charge in [0.2, 0.25) is 15.9 Å². The molecule has 2 rings (SSSR count). The van der Waals surface area contributed by atoms with Gasteiger partial charge in [0.05, 0.1) is 6.26 Å². The van der Waals surface area contributed by atoms with E-state index in [4.69, 9.17) is 0 Å². The Kier molecular flexibility index (Phi) is 5.98. The van der Waals surface area contributed by atoms with Crippen molar-refractivity contribution in [1.29, 1.82) is 0 Å². The zero-order valence-electron chi connectivity index (χ0n) is 15.0. The normalized spacial score (nSPS) is 12.8. The van der Waals surface area contributed by atoms with Crippen LogP contribution in [0, 0.1) is 6.92 Å². The summed E-state index contributed by atoms with van der Waals surface area (Å²) in [6.07, 6.45) is 1.11. The van der Waals surface area contributed by atoms with Crippen LogP contribution in [0.1, 0.15) is 22.7 Å². The first-order valence-corrected chi connectivity index (χ1v) is 9.83. The molecule has 2 aromatic carbocycles. The summed E-state index contributed by atoms with van der Waals surface area (Å²) in [5.41, 5.74) is 2.79. The van der Waals surface area contributed by atoms with Crippen molar-refractivity contribution in [3.63, 3.8) is 0 Å². The summed E-state index contributed by atoms with van der Waals surface area (Å²) in [5.74, 6) is -0.264. The molecule has 0 aliphatic rings. The molecule has 0 saturated heterocycles. The molecule has 0 aliphatic heterocycles. The van der Waals surface area contributed by atoms with Gasteiger partial charge in [-0.3, -0.25) is 4.79 Å². The van der Waals surface area contributed by atoms with Crippen LogP contribution >= 0.6 is 0 Å². The molecule has 25 heavy (non-hydrogen) atoms. The molecule has 0 saturated carbocycles. The molecule has 0 bridgehead atoms. The number of amides is 1. The fraction of sp³-hybridized carbons (Fsp3) is 0.316. The van der Waals surface area contributed by atoms with Crippen molar-refractivity contribution in [1.82, 2.24) is 9.21 Å². The largest absolute Gasteiger partial charge is 0.340 e. The lowest BCUT2D eigenvalue weighted by atomic mass is 10.1. The second-order valence-electron chi connectivity index (χ2n) is 6.27. The predicted molar refractivity (Wildman–Crippen MR) is 99.4 cm³/mol. The van der Waals surface area contributed by atoms with Crippen LogP contribution in [0.2, 0.25) is 0 Å². The van der Waals surface area contributed by atoms with E-state index in [1.54, 1.807) is 36.2 Å². The van der Waals surface area contributed by atoms with Crippen molar-refractivity contribution in [2.45, 2.75) is 19.5 Å². The van der Waals surface area contributed by atoms with Crippen molar-refractivity contribution >= 4 is 15.9 Å². The monoisotopic (exact) mass is 360 g/mol. The zero-order chi connectivity index (χ0) is 18.6. The van der Waals surface area contributed by atoms with Gasteiger partial charge < -0.3 is 4.90 Å². The van der Waals surface area contributed by atoms with Gasteiger partial charge >= 0.3 is 0 Å². The van der Waals surface area contributed by atoms with Crippen LogP contribution in [-0.4, -0.2) is 43.9 Å². The molecule has 2 aromatic rings. The van der Waals surface area contributed by atoms with Crippen LogP contribution in [0.3, 0.4) is 0 Å². The lowest BCUT2D eigenvalue weighted by molar-refractivity contribution is -0.134. The molecule has 0 radical (unpaired) electrons. The Labute approximate surface area is 149 Å². The first kappa shape index (κ1) is 19.1. The van der Waals surface area contributed by atoms with Gasteiger partial charge in [0.15, 0.2) is 0 Å². The molecule has 6 heteroatoms. The van der Waals surface area contributed by atoms with Gasteiger partial charge in [-0.1, -0.05) is 60.2 Å². The summed E-state index contributed by atoms with van der Waals surface area (Å²) in [5, 5.41) is 0. The van der Waals surface area contributed by atoms with Crippen molar-refractivity contribution in [3.8, 4) is 0 Å². The van der Waals surface area contributed by atoms with Crippen molar-refractivity contribution in [3.05, 3.63) is 71.3 Å². The first-order valence-electron chi connectivity index (χ1n) is 7.98. The molecule has 0 aromatic heterocycles. The van der Waals surface area contributed by atoms with Gasteiger partial charge in [-0.25, -0.2) is 8.42 Å². The number of sulfonamides is 1. The van der Waals surface area contributed by atoms with E-state index in [1.807, 2.05) is 37.3 Å². The highest BCUT2D eigenvalue weighted by Crippen LogP contribution is 2.24. The lowest BCUT2D eigenvalue weighted by Gasteiger charge is -2.29. The van der Waals surface area contributed by atoms with Crippen molar-refractivity contribution in [2.75, 3.05) is 20.4 Å². The first-order chi connectivity index (χ1) is 11.7. The fourth-order valence-electron chi connectivity index (χ4n) is 2.59. The Morgan fingerprint density at radius 1 is 1.00 bits per heavy atom. The summed E-state index contributed by atoms with van der Waals surface area (Å²) < 4.78 is 25.2. The molecule has 0 aliphatic carbocycles. The minimum atomic E-state index is -3.52. The van der Waals surface area contributed by atoms with E-state index in [1.165, 1.54) is 7.05 Å². The van der Waals surface area contributed by atoms with Crippen LogP contribution in [0.5, 0.6) is 0 Å². The van der Waals surface area contributed by atoms with Crippen LogP contribution in [-0.2, 0) is 21.4 Å². The van der Waals surface area contributed by atoms with E-state index in [0.29, 0.717) is 12.1 Å². The van der Waals surface area contributed by atoms with E-state index < -0.39 is 16.1 Å². The van der Waals surface area contributed by atoms with E-state index in [-0.39, 0.29) is 5.91 Å². The number of likely N-dealkylation sites (N-methyl/N-ethyl adjacent to an activating group) is 2. The Morgan fingerprint density at radius 3 is 2.08 bits per heavy atom. The van der Waals surface area contributed by atoms with E-state index in [2.05, 4.69) is 0 Å². The second-order valence-corrected chi connectivity index (χ2v) is 8.31. The Hall–Kier alpha value is -2.18.